The van der Waals surface area contributed by atoms with Crippen LogP contribution in [0.5, 0.6) is 0 Å². The molecular weight excluding hydrogens is 325 g/mol. The minimum absolute atomic E-state index is 0.212. The molecule has 2 aromatic rings. The summed E-state index contributed by atoms with van der Waals surface area (Å²) in [6.45, 7) is 3.71. The van der Waals surface area contributed by atoms with Gasteiger partial charge in [-0.15, -0.1) is 28.3 Å². The van der Waals surface area contributed by atoms with Crippen molar-refractivity contribution in [1.82, 2.24) is 20.2 Å². The number of carbonyl (C=O) groups excluding carboxylic acids is 1. The average molecular weight is 340 g/mol. The van der Waals surface area contributed by atoms with Crippen molar-refractivity contribution >= 4 is 34.8 Å². The predicted octanol–water partition coefficient (Wildman–Crippen LogP) is 2.75. The van der Waals surface area contributed by atoms with Gasteiger partial charge in [0.25, 0.3) is 0 Å². The molecule has 1 atom stereocenters. The number of hydrogen-bond acceptors (Lipinski definition) is 4. The summed E-state index contributed by atoms with van der Waals surface area (Å²) in [5.41, 5.74) is 0.542. The van der Waals surface area contributed by atoms with E-state index in [1.165, 1.54) is 0 Å². The standard InChI is InChI=1S/C14H15Cl2N5O/c1-3-11-18-19-20-21(11)10-7-5-4-6-9(10)17-12(22)13(2)8-14(13,15)16/h4-7H,3,8H2,1-2H3,(H,17,22). The molecule has 0 spiro atoms. The van der Waals surface area contributed by atoms with Crippen molar-refractivity contribution < 1.29 is 4.79 Å². The van der Waals surface area contributed by atoms with Gasteiger partial charge in [0.15, 0.2) is 5.82 Å². The SMILES string of the molecule is CCc1nnnn1-c1ccccc1NC(=O)C1(C)CC1(Cl)Cl. The van der Waals surface area contributed by atoms with E-state index in [-0.39, 0.29) is 5.91 Å². The zero-order chi connectivity index (χ0) is 16.0. The van der Waals surface area contributed by atoms with Crippen molar-refractivity contribution in [3.05, 3.63) is 30.1 Å². The number of carbonyl (C=O) groups is 1. The van der Waals surface area contributed by atoms with Gasteiger partial charge in [-0.05, 0) is 35.9 Å². The highest BCUT2D eigenvalue weighted by molar-refractivity contribution is 6.53. The number of tetrazole rings is 1. The molecule has 1 amide bonds. The highest BCUT2D eigenvalue weighted by Crippen LogP contribution is 2.64. The molecule has 0 bridgehead atoms. The lowest BCUT2D eigenvalue weighted by Crippen LogP contribution is -2.26. The van der Waals surface area contributed by atoms with Crippen LogP contribution in [0.25, 0.3) is 5.69 Å². The normalized spacial score (nSPS) is 22.4. The maximum Gasteiger partial charge on any atom is 0.233 e. The molecule has 1 aliphatic carbocycles. The van der Waals surface area contributed by atoms with Gasteiger partial charge < -0.3 is 5.32 Å². The molecule has 1 unspecified atom stereocenters. The zero-order valence-electron chi connectivity index (χ0n) is 12.2. The molecule has 8 heteroatoms. The number of para-hydroxylation sites is 2. The van der Waals surface area contributed by atoms with Crippen molar-refractivity contribution in [2.45, 2.75) is 31.0 Å². The highest BCUT2D eigenvalue weighted by atomic mass is 35.5. The molecule has 1 heterocycles. The van der Waals surface area contributed by atoms with Crippen molar-refractivity contribution in [3.63, 3.8) is 0 Å². The first-order valence-corrected chi connectivity index (χ1v) is 7.70. The lowest BCUT2D eigenvalue weighted by atomic mass is 10.1. The Kier molecular flexibility index (Phi) is 3.61. The number of nitrogens with one attached hydrogen (secondary N) is 1. The third-order valence-corrected chi connectivity index (χ3v) is 5.09. The first-order valence-electron chi connectivity index (χ1n) is 6.95. The largest absolute Gasteiger partial charge is 0.324 e. The van der Waals surface area contributed by atoms with E-state index in [4.69, 9.17) is 23.2 Å². The number of aryl methyl sites for hydroxylation is 1. The minimum atomic E-state index is -1.00. The highest BCUT2D eigenvalue weighted by Gasteiger charge is 2.67. The van der Waals surface area contributed by atoms with Gasteiger partial charge in [-0.25, -0.2) is 0 Å². The summed E-state index contributed by atoms with van der Waals surface area (Å²) in [4.78, 5) is 12.4. The number of hydrogen-bond donors (Lipinski definition) is 1. The Hall–Kier alpha value is -1.66. The smallest absolute Gasteiger partial charge is 0.233 e. The van der Waals surface area contributed by atoms with E-state index in [9.17, 15) is 4.79 Å². The molecule has 22 heavy (non-hydrogen) atoms. The van der Waals surface area contributed by atoms with Gasteiger partial charge in [0.1, 0.15) is 4.33 Å². The van der Waals surface area contributed by atoms with Crippen molar-refractivity contribution in [2.75, 3.05) is 5.32 Å². The number of nitrogens with zero attached hydrogens (tertiary/aromatic N) is 4. The van der Waals surface area contributed by atoms with Crippen molar-refractivity contribution in [2.24, 2.45) is 5.41 Å². The molecule has 1 aromatic carbocycles. The van der Waals surface area contributed by atoms with Crippen molar-refractivity contribution in [3.8, 4) is 5.69 Å². The Balaban J connectivity index is 1.92. The molecule has 0 saturated heterocycles. The molecule has 1 fully saturated rings. The molecule has 1 saturated carbocycles. The predicted molar refractivity (Wildman–Crippen MR) is 84.3 cm³/mol. The fourth-order valence-corrected chi connectivity index (χ4v) is 2.99. The van der Waals surface area contributed by atoms with Crippen LogP contribution in [0.3, 0.4) is 0 Å². The molecule has 1 aliphatic rings. The Morgan fingerprint density at radius 1 is 1.41 bits per heavy atom. The molecule has 116 valence electrons. The van der Waals surface area contributed by atoms with Gasteiger partial charge in [-0.3, -0.25) is 4.79 Å². The van der Waals surface area contributed by atoms with E-state index in [1.807, 2.05) is 25.1 Å². The Morgan fingerprint density at radius 3 is 2.73 bits per heavy atom. The van der Waals surface area contributed by atoms with Crippen molar-refractivity contribution in [1.29, 1.82) is 0 Å². The van der Waals surface area contributed by atoms with Crippen LogP contribution < -0.4 is 5.32 Å². The van der Waals surface area contributed by atoms with Crippen LogP contribution in [0.4, 0.5) is 5.69 Å². The Bertz CT molecular complexity index is 730. The quantitative estimate of drug-likeness (QED) is 0.869. The third kappa shape index (κ3) is 2.36. The number of halogens is 2. The van der Waals surface area contributed by atoms with Gasteiger partial charge in [0.05, 0.1) is 16.8 Å². The van der Waals surface area contributed by atoms with E-state index in [0.29, 0.717) is 30.0 Å². The average Bonchev–Trinajstić information content (AvgIpc) is 2.86. The lowest BCUT2D eigenvalue weighted by molar-refractivity contribution is -0.120. The van der Waals surface area contributed by atoms with Crippen LogP contribution in [0.1, 0.15) is 26.1 Å². The lowest BCUT2D eigenvalue weighted by Gasteiger charge is -2.15. The van der Waals surface area contributed by atoms with Gasteiger partial charge in [0.2, 0.25) is 5.91 Å². The summed E-state index contributed by atoms with van der Waals surface area (Å²) in [6, 6.07) is 7.33. The molecule has 0 radical (unpaired) electrons. The van der Waals surface area contributed by atoms with Gasteiger partial charge in [0, 0.05) is 6.42 Å². The first-order chi connectivity index (χ1) is 10.4. The Morgan fingerprint density at radius 2 is 2.09 bits per heavy atom. The van der Waals surface area contributed by atoms with E-state index in [2.05, 4.69) is 20.8 Å². The fourth-order valence-electron chi connectivity index (χ4n) is 2.28. The zero-order valence-corrected chi connectivity index (χ0v) is 13.7. The maximum absolute atomic E-state index is 12.4. The van der Waals surface area contributed by atoms with Crippen LogP contribution in [-0.2, 0) is 11.2 Å². The summed E-state index contributed by atoms with van der Waals surface area (Å²) < 4.78 is 0.606. The second kappa shape index (κ2) is 5.21. The number of amides is 1. The van der Waals surface area contributed by atoms with Gasteiger partial charge >= 0.3 is 0 Å². The summed E-state index contributed by atoms with van der Waals surface area (Å²) in [5.74, 6) is 0.499. The summed E-state index contributed by atoms with van der Waals surface area (Å²) >= 11 is 12.1. The number of aromatic nitrogens is 4. The number of benzene rings is 1. The number of alkyl halides is 2. The van der Waals surface area contributed by atoms with Gasteiger partial charge in [-0.1, -0.05) is 19.1 Å². The summed E-state index contributed by atoms with van der Waals surface area (Å²) in [5, 5.41) is 14.5. The van der Waals surface area contributed by atoms with E-state index >= 15 is 0 Å². The fraction of sp³-hybridized carbons (Fsp3) is 0.429. The van der Waals surface area contributed by atoms with Crippen LogP contribution in [-0.4, -0.2) is 30.4 Å². The number of anilines is 1. The first kappa shape index (κ1) is 15.2. The van der Waals surface area contributed by atoms with Gasteiger partial charge in [-0.2, -0.15) is 4.68 Å². The Labute approximate surface area is 137 Å². The summed E-state index contributed by atoms with van der Waals surface area (Å²) in [7, 11) is 0. The topological polar surface area (TPSA) is 72.7 Å². The van der Waals surface area contributed by atoms with E-state index < -0.39 is 9.75 Å². The van der Waals surface area contributed by atoms with E-state index in [0.717, 1.165) is 0 Å². The molecule has 6 nitrogen and oxygen atoms in total. The van der Waals surface area contributed by atoms with Crippen LogP contribution in [0.2, 0.25) is 0 Å². The maximum atomic E-state index is 12.4. The monoisotopic (exact) mass is 339 g/mol. The molecular formula is C14H15Cl2N5O. The number of rotatable bonds is 4. The van der Waals surface area contributed by atoms with Crippen LogP contribution >= 0.6 is 23.2 Å². The third-order valence-electron chi connectivity index (χ3n) is 3.99. The summed E-state index contributed by atoms with van der Waals surface area (Å²) in [6.07, 6.45) is 1.11. The van der Waals surface area contributed by atoms with E-state index in [1.54, 1.807) is 17.7 Å². The molecule has 3 rings (SSSR count). The molecule has 0 aliphatic heterocycles. The second-order valence-corrected chi connectivity index (χ2v) is 7.03. The minimum Gasteiger partial charge on any atom is -0.324 e. The van der Waals surface area contributed by atoms with Crippen LogP contribution in [0, 0.1) is 5.41 Å². The molecule has 1 aromatic heterocycles. The van der Waals surface area contributed by atoms with Crippen LogP contribution in [0.15, 0.2) is 24.3 Å². The second-order valence-electron chi connectivity index (χ2n) is 5.55. The molecule has 1 N–H and O–H groups in total.